The van der Waals surface area contributed by atoms with Crippen molar-refractivity contribution in [2.75, 3.05) is 13.1 Å². The van der Waals surface area contributed by atoms with Gasteiger partial charge in [-0.1, -0.05) is 13.3 Å². The fraction of sp³-hybridized carbons (Fsp3) is 0.609. The normalized spacial score (nSPS) is 27.1. The molecule has 2 aliphatic heterocycles. The number of aromatic nitrogens is 3. The van der Waals surface area contributed by atoms with Gasteiger partial charge in [-0.15, -0.1) is 10.2 Å². The van der Waals surface area contributed by atoms with Crippen LogP contribution in [-0.4, -0.2) is 38.7 Å². The first-order chi connectivity index (χ1) is 14.2. The molecular weight excluding hydrogens is 364 g/mol. The number of furan rings is 1. The highest BCUT2D eigenvalue weighted by Gasteiger charge is 2.36. The van der Waals surface area contributed by atoms with Crippen molar-refractivity contribution >= 4 is 12.0 Å². The van der Waals surface area contributed by atoms with E-state index < -0.39 is 0 Å². The van der Waals surface area contributed by atoms with Crippen molar-refractivity contribution in [3.63, 3.8) is 0 Å². The van der Waals surface area contributed by atoms with E-state index in [-0.39, 0.29) is 11.8 Å². The highest BCUT2D eigenvalue weighted by molar-refractivity contribution is 5.91. The van der Waals surface area contributed by atoms with Gasteiger partial charge in [0.05, 0.1) is 0 Å². The molecule has 0 bridgehead atoms. The van der Waals surface area contributed by atoms with Crippen LogP contribution < -0.4 is 0 Å². The lowest BCUT2D eigenvalue weighted by molar-refractivity contribution is -0.127. The molecule has 0 aromatic carbocycles. The number of amides is 1. The van der Waals surface area contributed by atoms with Gasteiger partial charge in [0.2, 0.25) is 5.91 Å². The van der Waals surface area contributed by atoms with Crippen molar-refractivity contribution in [1.29, 1.82) is 0 Å². The summed E-state index contributed by atoms with van der Waals surface area (Å²) in [5.74, 6) is 5.65. The lowest BCUT2D eigenvalue weighted by Gasteiger charge is -2.31. The molecule has 3 atom stereocenters. The number of hydrogen-bond acceptors (Lipinski definition) is 4. The number of hydrogen-bond donors (Lipinski definition) is 0. The lowest BCUT2D eigenvalue weighted by atomic mass is 9.97. The zero-order chi connectivity index (χ0) is 19.8. The summed E-state index contributed by atoms with van der Waals surface area (Å²) in [5, 5.41) is 8.97. The molecule has 6 nitrogen and oxygen atoms in total. The van der Waals surface area contributed by atoms with Crippen LogP contribution in [0.4, 0.5) is 0 Å². The van der Waals surface area contributed by atoms with Crippen LogP contribution in [0.25, 0.3) is 6.08 Å². The van der Waals surface area contributed by atoms with E-state index in [0.717, 1.165) is 68.0 Å². The maximum Gasteiger partial charge on any atom is 0.246 e. The highest BCUT2D eigenvalue weighted by Crippen LogP contribution is 2.47. The first-order valence-corrected chi connectivity index (χ1v) is 11.2. The Labute approximate surface area is 172 Å². The molecule has 1 saturated heterocycles. The van der Waals surface area contributed by atoms with Gasteiger partial charge in [-0.25, -0.2) is 0 Å². The summed E-state index contributed by atoms with van der Waals surface area (Å²) in [6.07, 6.45) is 11.4. The summed E-state index contributed by atoms with van der Waals surface area (Å²) >= 11 is 0. The van der Waals surface area contributed by atoms with Crippen LogP contribution in [0, 0.1) is 5.92 Å². The maximum absolute atomic E-state index is 12.8. The summed E-state index contributed by atoms with van der Waals surface area (Å²) in [4.78, 5) is 14.7. The quantitative estimate of drug-likeness (QED) is 0.731. The van der Waals surface area contributed by atoms with Gasteiger partial charge in [-0.05, 0) is 56.2 Å². The Bertz CT molecular complexity index is 912. The molecule has 2 fully saturated rings. The van der Waals surface area contributed by atoms with Crippen molar-refractivity contribution in [3.8, 4) is 0 Å². The minimum atomic E-state index is 0.0584. The summed E-state index contributed by atoms with van der Waals surface area (Å²) in [6.45, 7) is 4.80. The van der Waals surface area contributed by atoms with E-state index in [9.17, 15) is 4.79 Å². The van der Waals surface area contributed by atoms with Crippen LogP contribution in [0.5, 0.6) is 0 Å². The molecule has 1 amide bonds. The predicted molar refractivity (Wildman–Crippen MR) is 110 cm³/mol. The standard InChI is InChI=1S/C23H30N4O2/c1-16-14-19(16)20-10-8-18(29-20)9-11-22(28)26-12-5-6-17(15-26)23-25-24-21-7-3-2-4-13-27(21)23/h8-11,16-17,19H,2-7,12-15H2,1H3. The zero-order valence-corrected chi connectivity index (χ0v) is 17.2. The van der Waals surface area contributed by atoms with Crippen molar-refractivity contribution in [3.05, 3.63) is 41.4 Å². The Balaban J connectivity index is 1.24. The second-order valence-electron chi connectivity index (χ2n) is 8.95. The van der Waals surface area contributed by atoms with Crippen LogP contribution in [-0.2, 0) is 17.8 Å². The number of piperidine rings is 1. The molecule has 4 heterocycles. The van der Waals surface area contributed by atoms with Gasteiger partial charge >= 0.3 is 0 Å². The topological polar surface area (TPSA) is 64.2 Å². The first kappa shape index (κ1) is 18.6. The van der Waals surface area contributed by atoms with Crippen molar-refractivity contribution in [1.82, 2.24) is 19.7 Å². The summed E-state index contributed by atoms with van der Waals surface area (Å²) in [7, 11) is 0. The minimum Gasteiger partial charge on any atom is -0.461 e. The molecule has 2 aromatic heterocycles. The minimum absolute atomic E-state index is 0.0584. The van der Waals surface area contributed by atoms with Crippen LogP contribution in [0.3, 0.4) is 0 Å². The Morgan fingerprint density at radius 2 is 2.07 bits per heavy atom. The largest absolute Gasteiger partial charge is 0.461 e. The summed E-state index contributed by atoms with van der Waals surface area (Å²) in [5.41, 5.74) is 0. The van der Waals surface area contributed by atoms with Crippen molar-refractivity contribution < 1.29 is 9.21 Å². The fourth-order valence-corrected chi connectivity index (χ4v) is 4.83. The Kier molecular flexibility index (Phi) is 5.02. The van der Waals surface area contributed by atoms with Crippen LogP contribution >= 0.6 is 0 Å². The number of fused-ring (bicyclic) bond motifs is 1. The molecule has 6 heteroatoms. The molecule has 3 aliphatic rings. The number of carbonyl (C=O) groups excluding carboxylic acids is 1. The van der Waals surface area contributed by atoms with E-state index in [1.54, 1.807) is 6.08 Å². The van der Waals surface area contributed by atoms with Gasteiger partial charge in [-0.3, -0.25) is 4.79 Å². The van der Waals surface area contributed by atoms with Gasteiger partial charge in [0.15, 0.2) is 0 Å². The van der Waals surface area contributed by atoms with Crippen LogP contribution in [0.1, 0.15) is 80.5 Å². The summed E-state index contributed by atoms with van der Waals surface area (Å²) < 4.78 is 8.21. The van der Waals surface area contributed by atoms with Gasteiger partial charge in [0.25, 0.3) is 0 Å². The Hall–Kier alpha value is -2.37. The molecule has 29 heavy (non-hydrogen) atoms. The third kappa shape index (κ3) is 3.89. The number of aryl methyl sites for hydroxylation is 1. The second kappa shape index (κ2) is 7.81. The monoisotopic (exact) mass is 394 g/mol. The Morgan fingerprint density at radius 3 is 2.93 bits per heavy atom. The SMILES string of the molecule is CC1CC1c1ccc(C=CC(=O)N2CCCC(c3nnc4n3CCCCC4)C2)o1. The third-order valence-corrected chi connectivity index (χ3v) is 6.75. The fourth-order valence-electron chi connectivity index (χ4n) is 4.83. The van der Waals surface area contributed by atoms with Gasteiger partial charge in [-0.2, -0.15) is 0 Å². The van der Waals surface area contributed by atoms with E-state index in [1.807, 2.05) is 23.1 Å². The van der Waals surface area contributed by atoms with E-state index in [2.05, 4.69) is 21.7 Å². The lowest BCUT2D eigenvalue weighted by Crippen LogP contribution is -2.39. The van der Waals surface area contributed by atoms with Crippen molar-refractivity contribution in [2.45, 2.75) is 70.3 Å². The molecule has 0 radical (unpaired) electrons. The predicted octanol–water partition coefficient (Wildman–Crippen LogP) is 4.14. The summed E-state index contributed by atoms with van der Waals surface area (Å²) in [6, 6.07) is 4.01. The number of carbonyl (C=O) groups is 1. The second-order valence-corrected chi connectivity index (χ2v) is 8.95. The van der Waals surface area contributed by atoms with Gasteiger partial charge in [0.1, 0.15) is 23.2 Å². The van der Waals surface area contributed by atoms with E-state index in [1.165, 1.54) is 25.7 Å². The van der Waals surface area contributed by atoms with Gasteiger partial charge < -0.3 is 13.9 Å². The van der Waals surface area contributed by atoms with E-state index in [4.69, 9.17) is 4.42 Å². The molecule has 0 spiro atoms. The average Bonchev–Trinajstić information content (AvgIpc) is 3.18. The zero-order valence-electron chi connectivity index (χ0n) is 17.2. The average molecular weight is 395 g/mol. The highest BCUT2D eigenvalue weighted by atomic mass is 16.3. The van der Waals surface area contributed by atoms with E-state index >= 15 is 0 Å². The number of rotatable bonds is 4. The van der Waals surface area contributed by atoms with Gasteiger partial charge in [0, 0.05) is 44.0 Å². The molecule has 0 N–H and O–H groups in total. The molecular formula is C23H30N4O2. The van der Waals surface area contributed by atoms with Crippen LogP contribution in [0.2, 0.25) is 0 Å². The molecule has 5 rings (SSSR count). The number of nitrogens with zero attached hydrogens (tertiary/aromatic N) is 4. The van der Waals surface area contributed by atoms with Crippen LogP contribution in [0.15, 0.2) is 22.6 Å². The maximum atomic E-state index is 12.8. The molecule has 154 valence electrons. The molecule has 1 saturated carbocycles. The molecule has 1 aliphatic carbocycles. The number of likely N-dealkylation sites (tertiary alicyclic amines) is 1. The Morgan fingerprint density at radius 1 is 1.17 bits per heavy atom. The molecule has 2 aromatic rings. The smallest absolute Gasteiger partial charge is 0.246 e. The van der Waals surface area contributed by atoms with Crippen molar-refractivity contribution in [2.24, 2.45) is 5.92 Å². The third-order valence-electron chi connectivity index (χ3n) is 6.75. The molecule has 3 unspecified atom stereocenters. The van der Waals surface area contributed by atoms with E-state index in [0.29, 0.717) is 5.92 Å². The first-order valence-electron chi connectivity index (χ1n) is 11.2.